The summed E-state index contributed by atoms with van der Waals surface area (Å²) >= 11 is 0. The van der Waals surface area contributed by atoms with Crippen LogP contribution in [-0.4, -0.2) is 41.3 Å². The average Bonchev–Trinajstić information content (AvgIpc) is 2.72. The first-order valence-electron chi connectivity index (χ1n) is 10.2. The predicted octanol–water partition coefficient (Wildman–Crippen LogP) is 2.64. The molecule has 10 heteroatoms. The van der Waals surface area contributed by atoms with Gasteiger partial charge in [-0.15, -0.1) is 0 Å². The van der Waals surface area contributed by atoms with Crippen LogP contribution in [0.4, 0.5) is 23.3 Å². The highest BCUT2D eigenvalue weighted by Crippen LogP contribution is 2.27. The van der Waals surface area contributed by atoms with Gasteiger partial charge in [-0.05, 0) is 62.2 Å². The second-order valence-corrected chi connectivity index (χ2v) is 10.3. The highest BCUT2D eigenvalue weighted by molar-refractivity contribution is 7.90. The molecule has 0 radical (unpaired) electrons. The number of sulfone groups is 1. The first-order valence-corrected chi connectivity index (χ1v) is 12.1. The third-order valence-electron chi connectivity index (χ3n) is 5.13. The lowest BCUT2D eigenvalue weighted by molar-refractivity contribution is 0.0740. The molecule has 1 aliphatic heterocycles. The van der Waals surface area contributed by atoms with Crippen LogP contribution in [0.5, 0.6) is 0 Å². The molecule has 0 bridgehead atoms. The van der Waals surface area contributed by atoms with Crippen molar-refractivity contribution in [1.82, 2.24) is 20.3 Å². The van der Waals surface area contributed by atoms with Gasteiger partial charge in [-0.3, -0.25) is 0 Å². The Bertz CT molecular complexity index is 1250. The third-order valence-corrected chi connectivity index (χ3v) is 6.22. The number of pyridine rings is 1. The Hall–Kier alpha value is -3.08. The number of hydrogen-bond acceptors (Lipinski definition) is 9. The van der Waals surface area contributed by atoms with Gasteiger partial charge < -0.3 is 21.1 Å². The molecule has 0 unspecified atom stereocenters. The Morgan fingerprint density at radius 1 is 1.09 bits per heavy atom. The van der Waals surface area contributed by atoms with Gasteiger partial charge in [-0.25, -0.2) is 18.4 Å². The van der Waals surface area contributed by atoms with Gasteiger partial charge >= 0.3 is 0 Å². The number of anilines is 4. The zero-order chi connectivity index (χ0) is 22.9. The van der Waals surface area contributed by atoms with Crippen LogP contribution in [0.3, 0.4) is 0 Å². The number of nitrogens with one attached hydrogen (secondary N) is 3. The zero-order valence-corrected chi connectivity index (χ0v) is 19.0. The van der Waals surface area contributed by atoms with E-state index < -0.39 is 15.4 Å². The summed E-state index contributed by atoms with van der Waals surface area (Å²) < 4.78 is 24.6. The van der Waals surface area contributed by atoms with Crippen LogP contribution in [-0.2, 0) is 28.4 Å². The van der Waals surface area contributed by atoms with Crippen molar-refractivity contribution in [2.75, 3.05) is 23.4 Å². The Labute approximate surface area is 187 Å². The van der Waals surface area contributed by atoms with Gasteiger partial charge in [0, 0.05) is 18.5 Å². The predicted molar refractivity (Wildman–Crippen MR) is 123 cm³/mol. The van der Waals surface area contributed by atoms with Crippen LogP contribution in [0.2, 0.25) is 0 Å². The van der Waals surface area contributed by atoms with Crippen molar-refractivity contribution in [3.63, 3.8) is 0 Å². The molecule has 0 atom stereocenters. The molecule has 0 amide bonds. The summed E-state index contributed by atoms with van der Waals surface area (Å²) in [6, 6.07) is 11.2. The number of nitrogens with zero attached hydrogens (tertiary/aromatic N) is 3. The second-order valence-electron chi connectivity index (χ2n) is 8.31. The Balaban J connectivity index is 1.66. The van der Waals surface area contributed by atoms with Gasteiger partial charge in [0.05, 0.1) is 11.9 Å². The minimum absolute atomic E-state index is 0.0463. The molecule has 32 heavy (non-hydrogen) atoms. The monoisotopic (exact) mass is 454 g/mol. The van der Waals surface area contributed by atoms with Gasteiger partial charge in [0.2, 0.25) is 5.95 Å². The molecular formula is C22H26N6O3S. The van der Waals surface area contributed by atoms with Gasteiger partial charge in [0.15, 0.2) is 15.7 Å². The van der Waals surface area contributed by atoms with E-state index in [9.17, 15) is 13.5 Å². The van der Waals surface area contributed by atoms with E-state index in [2.05, 4.69) is 43.0 Å². The minimum Gasteiger partial charge on any atom is -0.384 e. The number of hydrogen-bond donors (Lipinski definition) is 4. The molecule has 4 rings (SSSR count). The van der Waals surface area contributed by atoms with Gasteiger partial charge in [0.25, 0.3) is 0 Å². The van der Waals surface area contributed by atoms with Crippen LogP contribution in [0.1, 0.15) is 30.7 Å². The zero-order valence-electron chi connectivity index (χ0n) is 18.2. The fraction of sp³-hybridized carbons (Fsp3) is 0.318. The lowest BCUT2D eigenvalue weighted by Crippen LogP contribution is -2.23. The van der Waals surface area contributed by atoms with Crippen molar-refractivity contribution >= 4 is 33.1 Å². The molecule has 1 aliphatic rings. The van der Waals surface area contributed by atoms with Gasteiger partial charge in [-0.1, -0.05) is 12.1 Å². The molecule has 0 spiro atoms. The summed E-state index contributed by atoms with van der Waals surface area (Å²) in [5.41, 5.74) is 2.64. The molecule has 0 saturated carbocycles. The smallest absolute Gasteiger partial charge is 0.229 e. The van der Waals surface area contributed by atoms with Crippen LogP contribution in [0, 0.1) is 0 Å². The van der Waals surface area contributed by atoms with Crippen molar-refractivity contribution < 1.29 is 13.5 Å². The van der Waals surface area contributed by atoms with Gasteiger partial charge in [-0.2, -0.15) is 4.98 Å². The second kappa shape index (κ2) is 8.45. The molecule has 4 N–H and O–H groups in total. The van der Waals surface area contributed by atoms with E-state index in [1.54, 1.807) is 32.0 Å². The van der Waals surface area contributed by atoms with Crippen LogP contribution in [0.25, 0.3) is 0 Å². The van der Waals surface area contributed by atoms with Crippen molar-refractivity contribution in [2.24, 2.45) is 0 Å². The normalized spacial score (nSPS) is 14.0. The van der Waals surface area contributed by atoms with E-state index in [4.69, 9.17) is 0 Å². The van der Waals surface area contributed by atoms with E-state index in [1.807, 2.05) is 6.07 Å². The number of fused-ring (bicyclic) bond motifs is 1. The maximum atomic E-state index is 12.3. The first kappa shape index (κ1) is 22.1. The molecule has 1 aromatic carbocycles. The number of rotatable bonds is 6. The largest absolute Gasteiger partial charge is 0.384 e. The third kappa shape index (κ3) is 5.04. The molecule has 0 fully saturated rings. The molecule has 3 heterocycles. The quantitative estimate of drug-likeness (QED) is 0.444. The molecule has 0 saturated heterocycles. The number of benzene rings is 1. The van der Waals surface area contributed by atoms with E-state index in [1.165, 1.54) is 17.3 Å². The summed E-state index contributed by atoms with van der Waals surface area (Å²) in [7, 11) is -3.59. The fourth-order valence-electron chi connectivity index (χ4n) is 3.44. The molecule has 9 nitrogen and oxygen atoms in total. The van der Waals surface area contributed by atoms with Crippen LogP contribution >= 0.6 is 0 Å². The Kier molecular flexibility index (Phi) is 5.85. The summed E-state index contributed by atoms with van der Waals surface area (Å²) in [4.78, 5) is 12.9. The molecule has 168 valence electrons. The number of aliphatic hydroxyl groups is 1. The summed E-state index contributed by atoms with van der Waals surface area (Å²) in [6.07, 6.45) is 3.31. The van der Waals surface area contributed by atoms with Crippen LogP contribution in [0.15, 0.2) is 47.5 Å². The first-order chi connectivity index (χ1) is 15.1. The SMILES string of the molecule is CC(C)(O)c1cccc(Nc2nc(Nc3ccc4c(c3)CCNC4)ncc2S(C)(=O)=O)n1. The summed E-state index contributed by atoms with van der Waals surface area (Å²) in [5, 5.41) is 19.7. The molecular weight excluding hydrogens is 428 g/mol. The average molecular weight is 455 g/mol. The Morgan fingerprint density at radius 2 is 1.91 bits per heavy atom. The molecule has 3 aromatic rings. The summed E-state index contributed by atoms with van der Waals surface area (Å²) in [5.74, 6) is 0.723. The van der Waals surface area contributed by atoms with E-state index in [0.717, 1.165) is 31.5 Å². The van der Waals surface area contributed by atoms with Crippen molar-refractivity contribution in [3.8, 4) is 0 Å². The van der Waals surface area contributed by atoms with E-state index in [-0.39, 0.29) is 16.7 Å². The molecule has 0 aliphatic carbocycles. The maximum absolute atomic E-state index is 12.3. The lowest BCUT2D eigenvalue weighted by atomic mass is 10.0. The van der Waals surface area contributed by atoms with Crippen molar-refractivity contribution in [1.29, 1.82) is 0 Å². The molecule has 2 aromatic heterocycles. The minimum atomic E-state index is -3.59. The lowest BCUT2D eigenvalue weighted by Gasteiger charge is -2.19. The number of aromatic nitrogens is 3. The van der Waals surface area contributed by atoms with E-state index >= 15 is 0 Å². The van der Waals surface area contributed by atoms with Crippen LogP contribution < -0.4 is 16.0 Å². The van der Waals surface area contributed by atoms with Gasteiger partial charge in [0.1, 0.15) is 16.3 Å². The summed E-state index contributed by atoms with van der Waals surface area (Å²) in [6.45, 7) is 5.03. The maximum Gasteiger partial charge on any atom is 0.229 e. The topological polar surface area (TPSA) is 129 Å². The highest BCUT2D eigenvalue weighted by atomic mass is 32.2. The van der Waals surface area contributed by atoms with E-state index in [0.29, 0.717) is 11.5 Å². The van der Waals surface area contributed by atoms with Crippen molar-refractivity contribution in [3.05, 3.63) is 59.4 Å². The Morgan fingerprint density at radius 3 is 2.66 bits per heavy atom. The standard InChI is InChI=1S/C22H26N6O3S/c1-22(2,29)18-5-4-6-19(26-18)27-20-17(32(3,30)31)13-24-21(28-20)25-16-8-7-15-12-23-10-9-14(15)11-16/h4-8,11,13,23,29H,9-10,12H2,1-3H3,(H2,24,25,26,27,28). The highest BCUT2D eigenvalue weighted by Gasteiger charge is 2.20. The fourth-order valence-corrected chi connectivity index (χ4v) is 4.13. The van der Waals surface area contributed by atoms with Crippen molar-refractivity contribution in [2.45, 2.75) is 37.3 Å².